The Hall–Kier alpha value is -4.23. The summed E-state index contributed by atoms with van der Waals surface area (Å²) in [4.78, 5) is 33.8. The lowest BCUT2D eigenvalue weighted by Gasteiger charge is -2.41. The van der Waals surface area contributed by atoms with E-state index in [0.717, 1.165) is 40.3 Å². The van der Waals surface area contributed by atoms with Crippen molar-refractivity contribution in [3.05, 3.63) is 78.0 Å². The second-order valence-electron chi connectivity index (χ2n) is 13.3. The maximum atomic E-state index is 14.4. The number of nitrogens with one attached hydrogen (secondary N) is 1. The third-order valence-corrected chi connectivity index (χ3v) is 10.1. The van der Waals surface area contributed by atoms with Crippen molar-refractivity contribution in [2.45, 2.75) is 63.5 Å². The van der Waals surface area contributed by atoms with Crippen LogP contribution in [0.2, 0.25) is 0 Å². The number of aliphatic carboxylic acids is 1. The zero-order chi connectivity index (χ0) is 35.6. The van der Waals surface area contributed by atoms with Crippen LogP contribution in [-0.2, 0) is 22.6 Å². The highest BCUT2D eigenvalue weighted by Crippen LogP contribution is 2.47. The van der Waals surface area contributed by atoms with Gasteiger partial charge in [-0.25, -0.2) is 18.0 Å². The molecule has 2 atom stereocenters. The van der Waals surface area contributed by atoms with Crippen molar-refractivity contribution in [2.75, 3.05) is 32.7 Å². The lowest BCUT2D eigenvalue weighted by molar-refractivity contribution is -0.233. The number of carbonyl (C=O) groups excluding carboxylic acids is 1. The van der Waals surface area contributed by atoms with Crippen LogP contribution in [0.15, 0.2) is 66.9 Å². The highest BCUT2D eigenvalue weighted by atomic mass is 19.4. The van der Waals surface area contributed by atoms with Crippen LogP contribution < -0.4 is 5.32 Å². The molecule has 0 radical (unpaired) electrons. The van der Waals surface area contributed by atoms with Gasteiger partial charge in [0.25, 0.3) is 6.43 Å². The molecule has 266 valence electrons. The lowest BCUT2D eigenvalue weighted by atomic mass is 9.76. The van der Waals surface area contributed by atoms with E-state index in [-0.39, 0.29) is 19.5 Å². The number of piperidine rings is 2. The number of alkyl halides is 6. The number of carbonyl (C=O) groups is 2. The summed E-state index contributed by atoms with van der Waals surface area (Å²) in [5, 5.41) is 15.5. The molecule has 0 aliphatic carbocycles. The van der Waals surface area contributed by atoms with Crippen LogP contribution in [-0.4, -0.2) is 89.3 Å². The Morgan fingerprint density at radius 1 is 0.900 bits per heavy atom. The first-order chi connectivity index (χ1) is 23.9. The van der Waals surface area contributed by atoms with E-state index >= 15 is 0 Å². The Bertz CT molecular complexity index is 1860. The Labute approximate surface area is 285 Å². The lowest BCUT2D eigenvalue weighted by Crippen LogP contribution is -2.59. The van der Waals surface area contributed by atoms with Gasteiger partial charge in [-0.2, -0.15) is 13.2 Å². The minimum Gasteiger partial charge on any atom is -0.480 e. The molecule has 4 aromatic rings. The molecule has 1 aromatic heterocycles. The van der Waals surface area contributed by atoms with E-state index in [2.05, 4.69) is 10.2 Å². The van der Waals surface area contributed by atoms with Gasteiger partial charge in [-0.3, -0.25) is 19.6 Å². The molecule has 0 spiro atoms. The molecule has 0 unspecified atom stereocenters. The largest absolute Gasteiger partial charge is 0.480 e. The van der Waals surface area contributed by atoms with Gasteiger partial charge in [0.05, 0.1) is 12.2 Å². The number of likely N-dealkylation sites (tertiary alicyclic amines) is 2. The predicted molar refractivity (Wildman–Crippen MR) is 178 cm³/mol. The Kier molecular flexibility index (Phi) is 10.4. The van der Waals surface area contributed by atoms with Crippen LogP contribution in [0.1, 0.15) is 36.8 Å². The Morgan fingerprint density at radius 2 is 1.56 bits per heavy atom. The molecule has 1 amide bonds. The number of carboxylic acids is 1. The van der Waals surface area contributed by atoms with E-state index in [4.69, 9.17) is 4.98 Å². The molecule has 3 aromatic carbocycles. The third-order valence-electron chi connectivity index (χ3n) is 10.1. The number of amides is 1. The van der Waals surface area contributed by atoms with Crippen molar-refractivity contribution in [1.29, 1.82) is 0 Å². The number of carboxylic acid groups (broad SMARTS) is 1. The van der Waals surface area contributed by atoms with Gasteiger partial charge >= 0.3 is 12.1 Å². The Balaban J connectivity index is 1.29. The quantitative estimate of drug-likeness (QED) is 0.173. The molecule has 0 bridgehead atoms. The number of benzene rings is 3. The predicted octanol–water partition coefficient (Wildman–Crippen LogP) is 7.01. The summed E-state index contributed by atoms with van der Waals surface area (Å²) >= 11 is 0. The van der Waals surface area contributed by atoms with Gasteiger partial charge in [0, 0.05) is 36.7 Å². The fourth-order valence-electron chi connectivity index (χ4n) is 7.40. The monoisotopic (exact) mass is 700 g/mol. The first-order valence-corrected chi connectivity index (χ1v) is 16.7. The van der Waals surface area contributed by atoms with Crippen molar-refractivity contribution in [1.82, 2.24) is 20.1 Å². The van der Waals surface area contributed by atoms with Gasteiger partial charge in [0.15, 0.2) is 0 Å². The first kappa shape index (κ1) is 35.6. The molecule has 2 saturated heterocycles. The second kappa shape index (κ2) is 14.6. The highest BCUT2D eigenvalue weighted by Gasteiger charge is 2.61. The summed E-state index contributed by atoms with van der Waals surface area (Å²) in [5.41, 5.74) is 0.0115. The molecule has 2 aliphatic heterocycles. The maximum absolute atomic E-state index is 14.4. The van der Waals surface area contributed by atoms with E-state index in [1.807, 2.05) is 36.4 Å². The highest BCUT2D eigenvalue weighted by molar-refractivity contribution is 6.05. The summed E-state index contributed by atoms with van der Waals surface area (Å²) < 4.78 is 83.0. The minimum absolute atomic E-state index is 0.300. The number of fused-ring (bicyclic) bond motifs is 2. The fraction of sp³-hybridized carbons (Fsp3) is 0.432. The standard InChI is InChI=1S/C37H38F6N4O3/c38-25-7-5-15-47(21-25)20-24-19-44-33(29-9-2-1-8-27(24)29)30-12-4-10-26-23(6-3-11-28(26)30)18-31(34(48)49)45-35(50)36(37(41,42)43)13-16-46(17-14-36)22-32(39)40/h1-4,6,8-12,19,25,31-32H,5,7,13-18,20-22H2,(H,45,50)(H,48,49)/t25-,31+/m1/s1. The van der Waals surface area contributed by atoms with Gasteiger partial charge in [0.1, 0.15) is 17.6 Å². The van der Waals surface area contributed by atoms with Crippen molar-refractivity contribution in [3.8, 4) is 11.3 Å². The number of halogens is 6. The molecular formula is C37H38F6N4O3. The zero-order valence-corrected chi connectivity index (χ0v) is 27.2. The van der Waals surface area contributed by atoms with Crippen LogP contribution in [0, 0.1) is 5.41 Å². The van der Waals surface area contributed by atoms with Crippen molar-refractivity contribution >= 4 is 33.4 Å². The first-order valence-electron chi connectivity index (χ1n) is 16.7. The van der Waals surface area contributed by atoms with Crippen molar-refractivity contribution in [3.63, 3.8) is 0 Å². The summed E-state index contributed by atoms with van der Waals surface area (Å²) in [6, 6.07) is 16.8. The van der Waals surface area contributed by atoms with Gasteiger partial charge in [0.2, 0.25) is 5.91 Å². The van der Waals surface area contributed by atoms with Crippen LogP contribution in [0.5, 0.6) is 0 Å². The van der Waals surface area contributed by atoms with Gasteiger partial charge < -0.3 is 10.4 Å². The number of hydrogen-bond donors (Lipinski definition) is 2. The molecule has 6 rings (SSSR count). The maximum Gasteiger partial charge on any atom is 0.403 e. The zero-order valence-electron chi connectivity index (χ0n) is 27.2. The average molecular weight is 701 g/mol. The molecule has 7 nitrogen and oxygen atoms in total. The summed E-state index contributed by atoms with van der Waals surface area (Å²) in [5.74, 6) is -2.98. The van der Waals surface area contributed by atoms with E-state index < -0.39 is 61.5 Å². The van der Waals surface area contributed by atoms with E-state index in [1.54, 1.807) is 30.5 Å². The normalized spacial score (nSPS) is 19.5. The molecule has 50 heavy (non-hydrogen) atoms. The third kappa shape index (κ3) is 7.29. The number of nitrogens with zero attached hydrogens (tertiary/aromatic N) is 3. The molecule has 0 saturated carbocycles. The molecule has 2 N–H and O–H groups in total. The van der Waals surface area contributed by atoms with E-state index in [1.165, 1.54) is 4.90 Å². The van der Waals surface area contributed by atoms with Crippen LogP contribution in [0.4, 0.5) is 26.3 Å². The van der Waals surface area contributed by atoms with Gasteiger partial charge in [-0.05, 0) is 72.6 Å². The van der Waals surface area contributed by atoms with Gasteiger partial charge in [-0.1, -0.05) is 60.7 Å². The van der Waals surface area contributed by atoms with Crippen molar-refractivity contribution < 1.29 is 41.0 Å². The summed E-state index contributed by atoms with van der Waals surface area (Å²) in [6.45, 7) is 0.280. The average Bonchev–Trinajstić information content (AvgIpc) is 3.07. The topological polar surface area (TPSA) is 85.8 Å². The minimum atomic E-state index is -5.01. The van der Waals surface area contributed by atoms with Gasteiger partial charge in [-0.15, -0.1) is 0 Å². The van der Waals surface area contributed by atoms with E-state index in [0.29, 0.717) is 36.2 Å². The van der Waals surface area contributed by atoms with Crippen molar-refractivity contribution in [2.24, 2.45) is 5.41 Å². The number of pyridine rings is 1. The SMILES string of the molecule is O=C(O)[C@H](Cc1cccc2c(-c3ncc(CN4CCC[C@@H](F)C4)c4ccccc34)cccc12)NC(=O)C1(C(F)(F)F)CCN(CC(F)F)CC1. The summed E-state index contributed by atoms with van der Waals surface area (Å²) in [7, 11) is 0. The smallest absolute Gasteiger partial charge is 0.403 e. The number of aromatic nitrogens is 1. The number of rotatable bonds is 10. The van der Waals surface area contributed by atoms with E-state index in [9.17, 15) is 41.0 Å². The second-order valence-corrected chi connectivity index (χ2v) is 13.3. The molecule has 2 aliphatic rings. The molecule has 2 fully saturated rings. The van der Waals surface area contributed by atoms with Crippen LogP contribution in [0.25, 0.3) is 32.8 Å². The Morgan fingerprint density at radius 3 is 2.24 bits per heavy atom. The number of hydrogen-bond acceptors (Lipinski definition) is 5. The van der Waals surface area contributed by atoms with Crippen LogP contribution >= 0.6 is 0 Å². The molecular weight excluding hydrogens is 662 g/mol. The molecule has 13 heteroatoms. The van der Waals surface area contributed by atoms with Crippen LogP contribution in [0.3, 0.4) is 0 Å². The fourth-order valence-corrected chi connectivity index (χ4v) is 7.40. The molecule has 3 heterocycles. The summed E-state index contributed by atoms with van der Waals surface area (Å²) in [6.07, 6.45) is -7.26.